The highest BCUT2D eigenvalue weighted by atomic mass is 127. The van der Waals surface area contributed by atoms with Gasteiger partial charge in [0.05, 0.1) is 28.6 Å². The third-order valence-corrected chi connectivity index (χ3v) is 7.19. The molecule has 1 heterocycles. The summed E-state index contributed by atoms with van der Waals surface area (Å²) in [5, 5.41) is 0.258. The molecule has 0 saturated carbocycles. The molecule has 4 rings (SSSR count). The van der Waals surface area contributed by atoms with Gasteiger partial charge in [-0.3, -0.25) is 14.5 Å². The van der Waals surface area contributed by atoms with Crippen molar-refractivity contribution in [1.29, 1.82) is 0 Å². The Morgan fingerprint density at radius 3 is 2.42 bits per heavy atom. The van der Waals surface area contributed by atoms with Crippen LogP contribution in [-0.2, 0) is 11.3 Å². The number of benzene rings is 3. The molecule has 6 nitrogen and oxygen atoms in total. The first-order valence-electron chi connectivity index (χ1n) is 10.7. The lowest BCUT2D eigenvalue weighted by Gasteiger charge is -2.14. The second-order valence-corrected chi connectivity index (χ2v) is 10.6. The van der Waals surface area contributed by atoms with E-state index >= 15 is 0 Å². The molecule has 36 heavy (non-hydrogen) atoms. The van der Waals surface area contributed by atoms with Crippen molar-refractivity contribution in [3.8, 4) is 11.5 Å². The minimum atomic E-state index is -0.626. The van der Waals surface area contributed by atoms with Gasteiger partial charge in [-0.05, 0) is 107 Å². The monoisotopic (exact) mass is 653 g/mol. The van der Waals surface area contributed by atoms with E-state index in [4.69, 9.17) is 32.7 Å². The van der Waals surface area contributed by atoms with Crippen molar-refractivity contribution >= 4 is 80.7 Å². The smallest absolute Gasteiger partial charge is 0.343 e. The maximum absolute atomic E-state index is 13.0. The molecular weight excluding hydrogens is 636 g/mol. The van der Waals surface area contributed by atoms with Crippen molar-refractivity contribution in [2.24, 2.45) is 0 Å². The van der Waals surface area contributed by atoms with E-state index in [1.807, 2.05) is 24.3 Å². The molecule has 0 aromatic heterocycles. The summed E-state index contributed by atoms with van der Waals surface area (Å²) in [6.45, 7) is 2.25. The van der Waals surface area contributed by atoms with Gasteiger partial charge in [0, 0.05) is 8.59 Å². The zero-order valence-corrected chi connectivity index (χ0v) is 23.3. The standard InChI is InChI=1S/C26H18Cl2INO5S/c1-2-34-21-12-16(11-20(28)23(21)35-25(32)17-5-7-18(27)8-6-17)13-22-24(31)30(26(33)36-22)14-15-3-9-19(29)10-4-15/h3-13H,2,14H2,1H3/b22-13-. The fraction of sp³-hybridized carbons (Fsp3) is 0.115. The molecule has 1 saturated heterocycles. The minimum absolute atomic E-state index is 0.0578. The Hall–Kier alpha value is -2.53. The molecule has 0 atom stereocenters. The molecule has 0 N–H and O–H groups in total. The van der Waals surface area contributed by atoms with Gasteiger partial charge < -0.3 is 9.47 Å². The van der Waals surface area contributed by atoms with Crippen molar-refractivity contribution in [1.82, 2.24) is 4.90 Å². The normalized spacial score (nSPS) is 14.4. The molecule has 0 bridgehead atoms. The van der Waals surface area contributed by atoms with Gasteiger partial charge >= 0.3 is 5.97 Å². The summed E-state index contributed by atoms with van der Waals surface area (Å²) < 4.78 is 12.2. The van der Waals surface area contributed by atoms with Crippen molar-refractivity contribution < 1.29 is 23.9 Å². The number of halogens is 3. The average molecular weight is 654 g/mol. The number of ether oxygens (including phenoxy) is 2. The van der Waals surface area contributed by atoms with E-state index in [9.17, 15) is 14.4 Å². The lowest BCUT2D eigenvalue weighted by Crippen LogP contribution is -2.27. The highest BCUT2D eigenvalue weighted by Crippen LogP contribution is 2.40. The molecular formula is C26H18Cl2INO5S. The van der Waals surface area contributed by atoms with Crippen LogP contribution in [0.2, 0.25) is 10.0 Å². The molecule has 3 aromatic carbocycles. The van der Waals surface area contributed by atoms with Crippen molar-refractivity contribution in [3.05, 3.63) is 95.9 Å². The van der Waals surface area contributed by atoms with Gasteiger partial charge in [0.25, 0.3) is 11.1 Å². The second-order valence-electron chi connectivity index (χ2n) is 7.55. The molecule has 1 aliphatic rings. The molecule has 1 fully saturated rings. The highest BCUT2D eigenvalue weighted by molar-refractivity contribution is 14.1. The number of rotatable bonds is 7. The highest BCUT2D eigenvalue weighted by Gasteiger charge is 2.35. The maximum Gasteiger partial charge on any atom is 0.343 e. The Morgan fingerprint density at radius 1 is 1.06 bits per heavy atom. The van der Waals surface area contributed by atoms with E-state index in [1.54, 1.807) is 49.4 Å². The van der Waals surface area contributed by atoms with Gasteiger partial charge in [-0.1, -0.05) is 35.3 Å². The number of carbonyl (C=O) groups excluding carboxylic acids is 3. The van der Waals surface area contributed by atoms with Crippen LogP contribution in [-0.4, -0.2) is 28.6 Å². The maximum atomic E-state index is 13.0. The SMILES string of the molecule is CCOc1cc(/C=C2\SC(=O)N(Cc3ccc(I)cc3)C2=O)cc(Cl)c1OC(=O)c1ccc(Cl)cc1. The summed E-state index contributed by atoms with van der Waals surface area (Å²) in [5.41, 5.74) is 1.67. The summed E-state index contributed by atoms with van der Waals surface area (Å²) in [4.78, 5) is 39.5. The molecule has 3 aromatic rings. The number of hydrogen-bond donors (Lipinski definition) is 0. The van der Waals surface area contributed by atoms with E-state index in [2.05, 4.69) is 22.6 Å². The Labute approximate surface area is 235 Å². The third-order valence-electron chi connectivity index (χ3n) is 5.03. The van der Waals surface area contributed by atoms with Crippen LogP contribution < -0.4 is 9.47 Å². The number of esters is 1. The fourth-order valence-electron chi connectivity index (χ4n) is 3.33. The molecule has 0 spiro atoms. The van der Waals surface area contributed by atoms with Crippen LogP contribution in [0.5, 0.6) is 11.5 Å². The van der Waals surface area contributed by atoms with E-state index < -0.39 is 11.9 Å². The largest absolute Gasteiger partial charge is 0.490 e. The van der Waals surface area contributed by atoms with Gasteiger partial charge in [-0.2, -0.15) is 0 Å². The third kappa shape index (κ3) is 6.23. The zero-order chi connectivity index (χ0) is 25.8. The molecule has 184 valence electrons. The zero-order valence-electron chi connectivity index (χ0n) is 18.8. The van der Waals surface area contributed by atoms with Crippen LogP contribution >= 0.6 is 57.6 Å². The predicted molar refractivity (Wildman–Crippen MR) is 150 cm³/mol. The van der Waals surface area contributed by atoms with Gasteiger partial charge in [-0.15, -0.1) is 0 Å². The number of thioether (sulfide) groups is 1. The second kappa shape index (κ2) is 11.7. The first-order chi connectivity index (χ1) is 17.2. The van der Waals surface area contributed by atoms with Crippen molar-refractivity contribution in [2.45, 2.75) is 13.5 Å². The van der Waals surface area contributed by atoms with E-state index in [-0.39, 0.29) is 39.8 Å². The van der Waals surface area contributed by atoms with Crippen LogP contribution in [0.4, 0.5) is 4.79 Å². The topological polar surface area (TPSA) is 72.9 Å². The van der Waals surface area contributed by atoms with Gasteiger partial charge in [0.1, 0.15) is 0 Å². The van der Waals surface area contributed by atoms with Crippen LogP contribution in [0.25, 0.3) is 6.08 Å². The molecule has 0 unspecified atom stereocenters. The Kier molecular flexibility index (Phi) is 8.61. The summed E-state index contributed by atoms with van der Waals surface area (Å²) in [6.07, 6.45) is 1.57. The van der Waals surface area contributed by atoms with Crippen LogP contribution in [0.15, 0.2) is 65.6 Å². The summed E-state index contributed by atoms with van der Waals surface area (Å²) >= 11 is 15.4. The number of nitrogens with zero attached hydrogens (tertiary/aromatic N) is 1. The molecule has 2 amide bonds. The van der Waals surface area contributed by atoms with E-state index in [1.165, 1.54) is 4.90 Å². The van der Waals surface area contributed by atoms with E-state index in [0.717, 1.165) is 20.9 Å². The molecule has 0 radical (unpaired) electrons. The molecule has 0 aliphatic carbocycles. The summed E-state index contributed by atoms with van der Waals surface area (Å²) in [5.74, 6) is -0.728. The number of carbonyl (C=O) groups is 3. The number of hydrogen-bond acceptors (Lipinski definition) is 6. The quantitative estimate of drug-likeness (QED) is 0.114. The first kappa shape index (κ1) is 26.5. The fourth-order valence-corrected chi connectivity index (χ4v) is 4.91. The summed E-state index contributed by atoms with van der Waals surface area (Å²) in [6, 6.07) is 17.0. The van der Waals surface area contributed by atoms with Gasteiger partial charge in [0.15, 0.2) is 11.5 Å². The lowest BCUT2D eigenvalue weighted by molar-refractivity contribution is -0.123. The Bertz CT molecular complexity index is 1360. The lowest BCUT2D eigenvalue weighted by atomic mass is 10.1. The molecule has 1 aliphatic heterocycles. The van der Waals surface area contributed by atoms with Gasteiger partial charge in [-0.25, -0.2) is 4.79 Å². The first-order valence-corrected chi connectivity index (χ1v) is 13.3. The Morgan fingerprint density at radius 2 is 1.75 bits per heavy atom. The average Bonchev–Trinajstić information content (AvgIpc) is 3.10. The van der Waals surface area contributed by atoms with E-state index in [0.29, 0.717) is 16.1 Å². The van der Waals surface area contributed by atoms with Crippen LogP contribution in [0, 0.1) is 3.57 Å². The van der Waals surface area contributed by atoms with Gasteiger partial charge in [0.2, 0.25) is 0 Å². The number of imide groups is 1. The van der Waals surface area contributed by atoms with Crippen molar-refractivity contribution in [2.75, 3.05) is 6.61 Å². The Balaban J connectivity index is 1.57. The predicted octanol–water partition coefficient (Wildman–Crippen LogP) is 7.45. The van der Waals surface area contributed by atoms with Crippen LogP contribution in [0.3, 0.4) is 0 Å². The summed E-state index contributed by atoms with van der Waals surface area (Å²) in [7, 11) is 0. The molecule has 10 heteroatoms. The van der Waals surface area contributed by atoms with Crippen molar-refractivity contribution in [3.63, 3.8) is 0 Å². The number of amides is 2. The van der Waals surface area contributed by atoms with Crippen LogP contribution in [0.1, 0.15) is 28.4 Å². The minimum Gasteiger partial charge on any atom is -0.490 e.